The van der Waals surface area contributed by atoms with Crippen molar-refractivity contribution in [2.75, 3.05) is 13.1 Å². The number of hydrogen-bond acceptors (Lipinski definition) is 2. The molecule has 0 amide bonds. The van der Waals surface area contributed by atoms with E-state index in [0.717, 1.165) is 24.4 Å². The Bertz CT molecular complexity index is 450. The van der Waals surface area contributed by atoms with Crippen LogP contribution in [0.25, 0.3) is 0 Å². The van der Waals surface area contributed by atoms with Crippen LogP contribution >= 0.6 is 0 Å². The minimum atomic E-state index is 0.648. The molecule has 1 aromatic carbocycles. The molecule has 1 saturated carbocycles. The van der Waals surface area contributed by atoms with Gasteiger partial charge in [-0.2, -0.15) is 0 Å². The third-order valence-corrected chi connectivity index (χ3v) is 4.93. The number of hydrogen-bond donors (Lipinski definition) is 1. The maximum atomic E-state index is 3.78. The van der Waals surface area contributed by atoms with Gasteiger partial charge in [0.15, 0.2) is 0 Å². The monoisotopic (exact) mass is 272 g/mol. The molecule has 2 fully saturated rings. The van der Waals surface area contributed by atoms with Crippen LogP contribution in [0.2, 0.25) is 0 Å². The summed E-state index contributed by atoms with van der Waals surface area (Å²) in [7, 11) is 0. The molecule has 2 heteroatoms. The van der Waals surface area contributed by atoms with Crippen LogP contribution < -0.4 is 5.32 Å². The lowest BCUT2D eigenvalue weighted by atomic mass is 9.97. The van der Waals surface area contributed by atoms with Gasteiger partial charge in [0.1, 0.15) is 0 Å². The first-order chi connectivity index (χ1) is 9.63. The average molecular weight is 272 g/mol. The molecule has 1 heterocycles. The highest BCUT2D eigenvalue weighted by Crippen LogP contribution is 2.37. The largest absolute Gasteiger partial charge is 0.311 e. The zero-order valence-corrected chi connectivity index (χ0v) is 13.1. The van der Waals surface area contributed by atoms with Crippen LogP contribution in [0.3, 0.4) is 0 Å². The van der Waals surface area contributed by atoms with E-state index in [2.05, 4.69) is 55.3 Å². The number of aryl methyl sites for hydroxylation is 1. The van der Waals surface area contributed by atoms with Crippen LogP contribution in [-0.2, 0) is 6.54 Å². The fourth-order valence-electron chi connectivity index (χ4n) is 3.47. The predicted molar refractivity (Wildman–Crippen MR) is 84.7 cm³/mol. The summed E-state index contributed by atoms with van der Waals surface area (Å²) in [4.78, 5) is 2.74. The average Bonchev–Trinajstić information content (AvgIpc) is 3.23. The van der Waals surface area contributed by atoms with Gasteiger partial charge < -0.3 is 5.32 Å². The molecule has 1 saturated heterocycles. The molecule has 0 aromatic heterocycles. The van der Waals surface area contributed by atoms with Crippen LogP contribution in [-0.4, -0.2) is 30.1 Å². The number of rotatable bonds is 4. The van der Waals surface area contributed by atoms with E-state index >= 15 is 0 Å². The minimum absolute atomic E-state index is 0.648. The van der Waals surface area contributed by atoms with E-state index in [4.69, 9.17) is 0 Å². The van der Waals surface area contributed by atoms with Gasteiger partial charge in [-0.05, 0) is 37.2 Å². The maximum Gasteiger partial charge on any atom is 0.0253 e. The van der Waals surface area contributed by atoms with Crippen molar-refractivity contribution in [3.05, 3.63) is 35.4 Å². The standard InChI is InChI=1S/C18H28N2/c1-13(2)17-12-20(18(10-19-17)16-7-8-16)11-15-6-4-5-14(3)9-15/h4-6,9,13,16-19H,7-8,10-12H2,1-3H3. The normalized spacial score (nSPS) is 28.0. The minimum Gasteiger partial charge on any atom is -0.311 e. The van der Waals surface area contributed by atoms with Gasteiger partial charge in [0.05, 0.1) is 0 Å². The van der Waals surface area contributed by atoms with Gasteiger partial charge in [0, 0.05) is 31.7 Å². The second-order valence-corrected chi connectivity index (χ2v) is 7.08. The quantitative estimate of drug-likeness (QED) is 0.905. The molecule has 2 nitrogen and oxygen atoms in total. The SMILES string of the molecule is Cc1cccc(CN2CC(C(C)C)NCC2C2CC2)c1. The van der Waals surface area contributed by atoms with Gasteiger partial charge in [0.2, 0.25) is 0 Å². The highest BCUT2D eigenvalue weighted by molar-refractivity contribution is 5.22. The van der Waals surface area contributed by atoms with Crippen molar-refractivity contribution in [1.29, 1.82) is 0 Å². The summed E-state index contributed by atoms with van der Waals surface area (Å²) in [6.07, 6.45) is 2.87. The Morgan fingerprint density at radius 1 is 1.30 bits per heavy atom. The van der Waals surface area contributed by atoms with E-state index in [1.807, 2.05) is 0 Å². The van der Waals surface area contributed by atoms with Crippen molar-refractivity contribution in [2.45, 2.75) is 52.2 Å². The summed E-state index contributed by atoms with van der Waals surface area (Å²) in [5.41, 5.74) is 2.85. The van der Waals surface area contributed by atoms with Crippen LogP contribution in [0.4, 0.5) is 0 Å². The summed E-state index contributed by atoms with van der Waals surface area (Å²) < 4.78 is 0. The van der Waals surface area contributed by atoms with Crippen molar-refractivity contribution >= 4 is 0 Å². The summed E-state index contributed by atoms with van der Waals surface area (Å²) >= 11 is 0. The van der Waals surface area contributed by atoms with Gasteiger partial charge in [-0.1, -0.05) is 43.7 Å². The molecule has 3 rings (SSSR count). The molecule has 2 unspecified atom stereocenters. The maximum absolute atomic E-state index is 3.78. The summed E-state index contributed by atoms with van der Waals surface area (Å²) in [5, 5.41) is 3.78. The molecule has 2 atom stereocenters. The van der Waals surface area contributed by atoms with Crippen LogP contribution in [0, 0.1) is 18.8 Å². The van der Waals surface area contributed by atoms with Crippen LogP contribution in [0.5, 0.6) is 0 Å². The molecule has 1 aromatic rings. The number of piperazine rings is 1. The highest BCUT2D eigenvalue weighted by Gasteiger charge is 2.39. The lowest BCUT2D eigenvalue weighted by Crippen LogP contribution is -2.58. The Labute approximate surface area is 123 Å². The Kier molecular flexibility index (Phi) is 4.13. The van der Waals surface area contributed by atoms with Gasteiger partial charge in [-0.3, -0.25) is 4.90 Å². The summed E-state index contributed by atoms with van der Waals surface area (Å²) in [5.74, 6) is 1.66. The summed E-state index contributed by atoms with van der Waals surface area (Å²) in [6, 6.07) is 10.4. The molecule has 1 aliphatic heterocycles. The fraction of sp³-hybridized carbons (Fsp3) is 0.667. The zero-order valence-electron chi connectivity index (χ0n) is 13.1. The molecule has 1 aliphatic carbocycles. The van der Waals surface area contributed by atoms with Crippen LogP contribution in [0.15, 0.2) is 24.3 Å². The Morgan fingerprint density at radius 3 is 2.75 bits per heavy atom. The van der Waals surface area contributed by atoms with E-state index in [0.29, 0.717) is 6.04 Å². The van der Waals surface area contributed by atoms with E-state index in [-0.39, 0.29) is 0 Å². The van der Waals surface area contributed by atoms with Gasteiger partial charge in [-0.15, -0.1) is 0 Å². The van der Waals surface area contributed by atoms with Crippen molar-refractivity contribution in [3.8, 4) is 0 Å². The molecule has 0 spiro atoms. The Morgan fingerprint density at radius 2 is 2.10 bits per heavy atom. The Hall–Kier alpha value is -0.860. The zero-order chi connectivity index (χ0) is 14.1. The number of benzene rings is 1. The topological polar surface area (TPSA) is 15.3 Å². The second-order valence-electron chi connectivity index (χ2n) is 7.08. The van der Waals surface area contributed by atoms with Gasteiger partial charge >= 0.3 is 0 Å². The highest BCUT2D eigenvalue weighted by atomic mass is 15.2. The van der Waals surface area contributed by atoms with Crippen LogP contribution in [0.1, 0.15) is 37.8 Å². The first-order valence-electron chi connectivity index (χ1n) is 8.16. The second kappa shape index (κ2) is 5.87. The number of nitrogens with zero attached hydrogens (tertiary/aromatic N) is 1. The fourth-order valence-corrected chi connectivity index (χ4v) is 3.47. The lowest BCUT2D eigenvalue weighted by molar-refractivity contribution is 0.0926. The molecule has 0 bridgehead atoms. The van der Waals surface area contributed by atoms with Gasteiger partial charge in [0.25, 0.3) is 0 Å². The van der Waals surface area contributed by atoms with E-state index in [1.165, 1.54) is 37.1 Å². The van der Waals surface area contributed by atoms with Crippen molar-refractivity contribution in [3.63, 3.8) is 0 Å². The van der Waals surface area contributed by atoms with E-state index < -0.39 is 0 Å². The molecule has 1 N–H and O–H groups in total. The smallest absolute Gasteiger partial charge is 0.0253 e. The molecular formula is C18H28N2. The molecule has 0 radical (unpaired) electrons. The predicted octanol–water partition coefficient (Wildman–Crippen LogP) is 3.20. The van der Waals surface area contributed by atoms with Gasteiger partial charge in [-0.25, -0.2) is 0 Å². The summed E-state index contributed by atoms with van der Waals surface area (Å²) in [6.45, 7) is 10.4. The first kappa shape index (κ1) is 14.1. The first-order valence-corrected chi connectivity index (χ1v) is 8.16. The molecular weight excluding hydrogens is 244 g/mol. The third kappa shape index (κ3) is 3.24. The molecule has 110 valence electrons. The number of nitrogens with one attached hydrogen (secondary N) is 1. The van der Waals surface area contributed by atoms with E-state index in [9.17, 15) is 0 Å². The van der Waals surface area contributed by atoms with Crippen molar-refractivity contribution < 1.29 is 0 Å². The van der Waals surface area contributed by atoms with Crippen molar-refractivity contribution in [2.24, 2.45) is 11.8 Å². The lowest BCUT2D eigenvalue weighted by Gasteiger charge is -2.42. The molecule has 2 aliphatic rings. The Balaban J connectivity index is 1.72. The molecule has 20 heavy (non-hydrogen) atoms. The third-order valence-electron chi connectivity index (χ3n) is 4.93. The van der Waals surface area contributed by atoms with Crippen molar-refractivity contribution in [1.82, 2.24) is 10.2 Å². The van der Waals surface area contributed by atoms with E-state index in [1.54, 1.807) is 0 Å².